The number of alkyl halides is 3. The fourth-order valence-electron chi connectivity index (χ4n) is 3.94. The Morgan fingerprint density at radius 3 is 2.19 bits per heavy atom. The van der Waals surface area contributed by atoms with E-state index in [0.717, 1.165) is 23.3 Å². The third-order valence-electron chi connectivity index (χ3n) is 5.80. The van der Waals surface area contributed by atoms with Gasteiger partial charge >= 0.3 is 12.1 Å². The summed E-state index contributed by atoms with van der Waals surface area (Å²) >= 11 is 3.30. The average molecular weight is 571 g/mol. The smallest absolute Gasteiger partial charge is 0.411 e. The van der Waals surface area contributed by atoms with Crippen molar-refractivity contribution in [3.8, 4) is 0 Å². The monoisotopic (exact) mass is 570 g/mol. The summed E-state index contributed by atoms with van der Waals surface area (Å²) in [6.07, 6.45) is -4.05. The van der Waals surface area contributed by atoms with Crippen LogP contribution < -0.4 is 4.90 Å². The summed E-state index contributed by atoms with van der Waals surface area (Å²) in [6.45, 7) is 0. The lowest BCUT2D eigenvalue weighted by Crippen LogP contribution is -2.31. The minimum Gasteiger partial charge on any atom is -0.449 e. The molecule has 0 radical (unpaired) electrons. The van der Waals surface area contributed by atoms with E-state index < -0.39 is 36.6 Å². The number of anilines is 1. The number of hydrogen-bond acceptors (Lipinski definition) is 4. The van der Waals surface area contributed by atoms with Gasteiger partial charge in [-0.25, -0.2) is 4.79 Å². The summed E-state index contributed by atoms with van der Waals surface area (Å²) in [5.41, 5.74) is 1.97. The number of benzene rings is 3. The topological polar surface area (TPSA) is 59.0 Å². The maximum absolute atomic E-state index is 13.8. The fraction of sp³-hybridized carbons (Fsp3) is 0.179. The predicted molar refractivity (Wildman–Crippen MR) is 139 cm³/mol. The second-order valence-electron chi connectivity index (χ2n) is 8.34. The molecule has 9 heteroatoms. The number of halogens is 4. The maximum Gasteiger partial charge on any atom is 0.411 e. The first-order chi connectivity index (χ1) is 17.6. The summed E-state index contributed by atoms with van der Waals surface area (Å²) < 4.78 is 47.8. The second-order valence-corrected chi connectivity index (χ2v) is 9.25. The van der Waals surface area contributed by atoms with Crippen molar-refractivity contribution >= 4 is 39.2 Å². The Bertz CT molecular complexity index is 1300. The van der Waals surface area contributed by atoms with Gasteiger partial charge in [0.05, 0.1) is 5.69 Å². The highest BCUT2D eigenvalue weighted by atomic mass is 79.9. The van der Waals surface area contributed by atoms with Crippen molar-refractivity contribution in [3.63, 3.8) is 0 Å². The lowest BCUT2D eigenvalue weighted by atomic mass is 10.0. The van der Waals surface area contributed by atoms with Crippen LogP contribution in [-0.4, -0.2) is 36.9 Å². The molecule has 1 heterocycles. The highest BCUT2D eigenvalue weighted by Crippen LogP contribution is 2.34. The first kappa shape index (κ1) is 26.3. The normalized spacial score (nSPS) is 15.5. The summed E-state index contributed by atoms with van der Waals surface area (Å²) in [4.78, 5) is 30.2. The van der Waals surface area contributed by atoms with E-state index in [-0.39, 0.29) is 5.71 Å². The molecule has 1 aliphatic rings. The molecule has 0 spiro atoms. The van der Waals surface area contributed by atoms with Crippen LogP contribution >= 0.6 is 15.9 Å². The van der Waals surface area contributed by atoms with Gasteiger partial charge in [0.2, 0.25) is 0 Å². The van der Waals surface area contributed by atoms with E-state index in [1.165, 1.54) is 11.9 Å². The van der Waals surface area contributed by atoms with Crippen molar-refractivity contribution in [3.05, 3.63) is 112 Å². The van der Waals surface area contributed by atoms with Gasteiger partial charge in [0.1, 0.15) is 11.8 Å². The number of esters is 1. The molecular formula is C28H22BrF3N2O3. The largest absolute Gasteiger partial charge is 0.449 e. The minimum atomic E-state index is -4.73. The molecule has 3 aromatic carbocycles. The zero-order valence-electron chi connectivity index (χ0n) is 19.7. The number of fused-ring (bicyclic) bond motifs is 1. The zero-order valence-corrected chi connectivity index (χ0v) is 21.2. The van der Waals surface area contributed by atoms with Crippen LogP contribution in [0.3, 0.4) is 0 Å². The molecule has 37 heavy (non-hydrogen) atoms. The van der Waals surface area contributed by atoms with Crippen LogP contribution in [0.15, 0.2) is 100 Å². The SMILES string of the molecule is CN1C(=O)C(=NC(C/C=C/C(=O)OC(c2ccccc2)c2ccccc2)C(F)(F)F)c2ccc(Br)cc21. The van der Waals surface area contributed by atoms with Gasteiger partial charge in [-0.3, -0.25) is 9.79 Å². The van der Waals surface area contributed by atoms with Gasteiger partial charge in [0.25, 0.3) is 5.91 Å². The van der Waals surface area contributed by atoms with Crippen LogP contribution in [0, 0.1) is 0 Å². The number of likely N-dealkylation sites (N-methyl/N-ethyl adjacent to an activating group) is 1. The fourth-order valence-corrected chi connectivity index (χ4v) is 4.29. The third kappa shape index (κ3) is 6.17. The van der Waals surface area contributed by atoms with Gasteiger partial charge < -0.3 is 9.64 Å². The van der Waals surface area contributed by atoms with E-state index >= 15 is 0 Å². The van der Waals surface area contributed by atoms with Gasteiger partial charge in [0, 0.05) is 23.2 Å². The van der Waals surface area contributed by atoms with Crippen LogP contribution in [0.1, 0.15) is 29.2 Å². The lowest BCUT2D eigenvalue weighted by Gasteiger charge is -2.18. The van der Waals surface area contributed by atoms with Crippen molar-refractivity contribution in [1.29, 1.82) is 0 Å². The molecule has 0 N–H and O–H groups in total. The van der Waals surface area contributed by atoms with Gasteiger partial charge in [-0.2, -0.15) is 13.2 Å². The molecule has 0 bridgehead atoms. The van der Waals surface area contributed by atoms with Crippen LogP contribution in [-0.2, 0) is 14.3 Å². The molecular weight excluding hydrogens is 549 g/mol. The second kappa shape index (κ2) is 11.1. The number of amides is 1. The zero-order chi connectivity index (χ0) is 26.6. The van der Waals surface area contributed by atoms with Crippen molar-refractivity contribution in [2.24, 2.45) is 4.99 Å². The third-order valence-corrected chi connectivity index (χ3v) is 6.29. The predicted octanol–water partition coefficient (Wildman–Crippen LogP) is 6.42. The number of nitrogens with zero attached hydrogens (tertiary/aromatic N) is 2. The Kier molecular flexibility index (Phi) is 7.92. The first-order valence-corrected chi connectivity index (χ1v) is 12.1. The molecule has 5 nitrogen and oxygen atoms in total. The minimum absolute atomic E-state index is 0.267. The van der Waals surface area contributed by atoms with Gasteiger partial charge in [-0.1, -0.05) is 82.7 Å². The molecule has 190 valence electrons. The highest BCUT2D eigenvalue weighted by molar-refractivity contribution is 9.10. The van der Waals surface area contributed by atoms with Gasteiger partial charge in [0.15, 0.2) is 6.10 Å². The first-order valence-electron chi connectivity index (χ1n) is 11.3. The number of ether oxygens (including phenoxy) is 1. The van der Waals surface area contributed by atoms with Crippen molar-refractivity contribution < 1.29 is 27.5 Å². The van der Waals surface area contributed by atoms with Crippen molar-refractivity contribution in [1.82, 2.24) is 0 Å². The molecule has 1 unspecified atom stereocenters. The quantitative estimate of drug-likeness (QED) is 0.243. The van der Waals surface area contributed by atoms with E-state index in [0.29, 0.717) is 15.7 Å². The van der Waals surface area contributed by atoms with E-state index in [1.807, 2.05) is 12.1 Å². The average Bonchev–Trinajstić information content (AvgIpc) is 3.11. The Labute approximate surface area is 220 Å². The molecule has 1 aliphatic heterocycles. The summed E-state index contributed by atoms with van der Waals surface area (Å²) in [7, 11) is 1.48. The molecule has 0 saturated carbocycles. The molecule has 0 aliphatic carbocycles. The van der Waals surface area contributed by atoms with Gasteiger partial charge in [-0.15, -0.1) is 0 Å². The van der Waals surface area contributed by atoms with Crippen LogP contribution in [0.25, 0.3) is 0 Å². The number of rotatable bonds is 7. The van der Waals surface area contributed by atoms with Crippen LogP contribution in [0.5, 0.6) is 0 Å². The number of aliphatic imine (C=N–C) groups is 1. The Hall–Kier alpha value is -3.72. The molecule has 1 amide bonds. The Morgan fingerprint density at radius 1 is 1.03 bits per heavy atom. The number of carbonyl (C=O) groups excluding carboxylic acids is 2. The molecule has 0 fully saturated rings. The highest BCUT2D eigenvalue weighted by Gasteiger charge is 2.41. The number of carbonyl (C=O) groups is 2. The Morgan fingerprint density at radius 2 is 1.62 bits per heavy atom. The summed E-state index contributed by atoms with van der Waals surface area (Å²) in [6, 6.07) is 20.7. The molecule has 0 aromatic heterocycles. The van der Waals surface area contributed by atoms with Crippen LogP contribution in [0.2, 0.25) is 0 Å². The molecule has 3 aromatic rings. The van der Waals surface area contributed by atoms with Gasteiger partial charge in [-0.05, 0) is 35.7 Å². The molecule has 0 saturated heterocycles. The molecule has 4 rings (SSSR count). The number of hydrogen-bond donors (Lipinski definition) is 0. The van der Waals surface area contributed by atoms with E-state index in [2.05, 4.69) is 20.9 Å². The summed E-state index contributed by atoms with van der Waals surface area (Å²) in [5.74, 6) is -1.42. The van der Waals surface area contributed by atoms with Crippen molar-refractivity contribution in [2.45, 2.75) is 24.7 Å². The van der Waals surface area contributed by atoms with E-state index in [1.54, 1.807) is 66.7 Å². The summed E-state index contributed by atoms with van der Waals surface area (Å²) in [5, 5.41) is 0. The lowest BCUT2D eigenvalue weighted by molar-refractivity contribution is -0.146. The standard InChI is InChI=1S/C28H22BrF3N2O3/c1-34-22-17-20(29)15-16-21(22)25(27(34)36)33-23(28(30,31)32)13-8-14-24(35)37-26(18-9-4-2-5-10-18)19-11-6-3-7-12-19/h2-12,14-17,23,26H,13H2,1H3/b14-8+,33-25?. The molecule has 1 atom stereocenters. The van der Waals surface area contributed by atoms with E-state index in [4.69, 9.17) is 4.74 Å². The van der Waals surface area contributed by atoms with Crippen LogP contribution in [0.4, 0.5) is 18.9 Å². The Balaban J connectivity index is 1.53. The van der Waals surface area contributed by atoms with E-state index in [9.17, 15) is 22.8 Å². The maximum atomic E-state index is 13.8. The van der Waals surface area contributed by atoms with Crippen molar-refractivity contribution in [2.75, 3.05) is 11.9 Å².